The molecule has 0 fully saturated rings. The van der Waals surface area contributed by atoms with Gasteiger partial charge in [0.15, 0.2) is 6.61 Å². The second-order valence-electron chi connectivity index (χ2n) is 3.56. The first kappa shape index (κ1) is 14.3. The van der Waals surface area contributed by atoms with Crippen LogP contribution >= 0.6 is 0 Å². The van der Waals surface area contributed by atoms with Crippen LogP contribution in [0.4, 0.5) is 13.2 Å². The lowest BCUT2D eigenvalue weighted by molar-refractivity contribution is -0.153. The van der Waals surface area contributed by atoms with E-state index in [2.05, 4.69) is 9.72 Å². The monoisotopic (exact) mass is 263 g/mol. The van der Waals surface area contributed by atoms with Gasteiger partial charge in [-0.15, -0.1) is 0 Å². The Labute approximate surface area is 102 Å². The standard InChI is InChI=1S/C11H12F3NO3/c1-7-9(5-17-8(2)16)15-4-3-10(7)18-6-11(12,13)14/h3-4H,5-6H2,1-2H3. The van der Waals surface area contributed by atoms with E-state index in [-0.39, 0.29) is 12.4 Å². The maximum absolute atomic E-state index is 12.0. The zero-order valence-corrected chi connectivity index (χ0v) is 9.87. The summed E-state index contributed by atoms with van der Waals surface area (Å²) in [5.74, 6) is -0.415. The number of hydrogen-bond acceptors (Lipinski definition) is 4. The van der Waals surface area contributed by atoms with Crippen molar-refractivity contribution in [3.63, 3.8) is 0 Å². The van der Waals surface area contributed by atoms with Crippen molar-refractivity contribution in [2.45, 2.75) is 26.6 Å². The summed E-state index contributed by atoms with van der Waals surface area (Å²) in [4.78, 5) is 14.6. The number of aromatic nitrogens is 1. The van der Waals surface area contributed by atoms with Crippen LogP contribution < -0.4 is 4.74 Å². The molecule has 0 aromatic carbocycles. The summed E-state index contributed by atoms with van der Waals surface area (Å²) < 4.78 is 45.4. The van der Waals surface area contributed by atoms with Gasteiger partial charge < -0.3 is 9.47 Å². The van der Waals surface area contributed by atoms with Crippen molar-refractivity contribution < 1.29 is 27.4 Å². The number of hydrogen-bond donors (Lipinski definition) is 0. The van der Waals surface area contributed by atoms with E-state index in [4.69, 9.17) is 4.74 Å². The Bertz CT molecular complexity index is 432. The third-order valence-electron chi connectivity index (χ3n) is 2.06. The molecule has 0 aliphatic rings. The average Bonchev–Trinajstić information content (AvgIpc) is 2.24. The summed E-state index contributed by atoms with van der Waals surface area (Å²) in [5.41, 5.74) is 0.785. The van der Waals surface area contributed by atoms with Gasteiger partial charge in [0.25, 0.3) is 0 Å². The summed E-state index contributed by atoms with van der Waals surface area (Å²) in [6, 6.07) is 1.33. The minimum Gasteiger partial charge on any atom is -0.484 e. The fourth-order valence-corrected chi connectivity index (χ4v) is 1.19. The Hall–Kier alpha value is -1.79. The highest BCUT2D eigenvalue weighted by Crippen LogP contribution is 2.23. The molecule has 1 aromatic heterocycles. The number of rotatable bonds is 4. The van der Waals surface area contributed by atoms with Crippen LogP contribution in [0.5, 0.6) is 5.75 Å². The Morgan fingerprint density at radius 3 is 2.67 bits per heavy atom. The molecule has 0 aliphatic heterocycles. The molecular weight excluding hydrogens is 251 g/mol. The topological polar surface area (TPSA) is 48.4 Å². The van der Waals surface area contributed by atoms with Crippen LogP contribution in [0.15, 0.2) is 12.3 Å². The molecule has 0 aliphatic carbocycles. The zero-order chi connectivity index (χ0) is 13.8. The van der Waals surface area contributed by atoms with Gasteiger partial charge in [-0.05, 0) is 13.0 Å². The van der Waals surface area contributed by atoms with E-state index in [9.17, 15) is 18.0 Å². The predicted molar refractivity (Wildman–Crippen MR) is 56.0 cm³/mol. The number of halogens is 3. The Balaban J connectivity index is 2.75. The normalized spacial score (nSPS) is 11.2. The molecule has 0 spiro atoms. The van der Waals surface area contributed by atoms with E-state index in [1.54, 1.807) is 6.92 Å². The van der Waals surface area contributed by atoms with Crippen molar-refractivity contribution in [2.24, 2.45) is 0 Å². The molecule has 1 heterocycles. The number of esters is 1. The van der Waals surface area contributed by atoms with Gasteiger partial charge in [0.05, 0.1) is 5.69 Å². The first-order valence-corrected chi connectivity index (χ1v) is 5.07. The SMILES string of the molecule is CC(=O)OCc1nccc(OCC(F)(F)F)c1C. The minimum atomic E-state index is -4.40. The third kappa shape index (κ3) is 4.60. The molecule has 7 heteroatoms. The Morgan fingerprint density at radius 2 is 2.11 bits per heavy atom. The average molecular weight is 263 g/mol. The smallest absolute Gasteiger partial charge is 0.422 e. The molecule has 0 unspecified atom stereocenters. The summed E-state index contributed by atoms with van der Waals surface area (Å²) in [6.45, 7) is 1.33. The Kier molecular flexibility index (Phi) is 4.52. The lowest BCUT2D eigenvalue weighted by Crippen LogP contribution is -2.19. The van der Waals surface area contributed by atoms with Gasteiger partial charge in [0, 0.05) is 18.7 Å². The predicted octanol–water partition coefficient (Wildman–Crippen LogP) is 2.39. The molecule has 0 bridgehead atoms. The van der Waals surface area contributed by atoms with E-state index >= 15 is 0 Å². The molecule has 18 heavy (non-hydrogen) atoms. The fourth-order valence-electron chi connectivity index (χ4n) is 1.19. The van der Waals surface area contributed by atoms with Crippen LogP contribution in [0.3, 0.4) is 0 Å². The van der Waals surface area contributed by atoms with Gasteiger partial charge in [-0.25, -0.2) is 0 Å². The van der Waals surface area contributed by atoms with E-state index in [0.717, 1.165) is 0 Å². The highest BCUT2D eigenvalue weighted by Gasteiger charge is 2.28. The van der Waals surface area contributed by atoms with Gasteiger partial charge in [-0.2, -0.15) is 13.2 Å². The number of nitrogens with zero attached hydrogens (tertiary/aromatic N) is 1. The largest absolute Gasteiger partial charge is 0.484 e. The van der Waals surface area contributed by atoms with Crippen molar-refractivity contribution in [1.82, 2.24) is 4.98 Å². The van der Waals surface area contributed by atoms with Crippen LogP contribution in [-0.2, 0) is 16.1 Å². The summed E-state index contributed by atoms with van der Waals surface area (Å²) >= 11 is 0. The number of alkyl halides is 3. The second-order valence-corrected chi connectivity index (χ2v) is 3.56. The second kappa shape index (κ2) is 5.70. The lowest BCUT2D eigenvalue weighted by atomic mass is 10.2. The zero-order valence-electron chi connectivity index (χ0n) is 9.87. The highest BCUT2D eigenvalue weighted by atomic mass is 19.4. The van der Waals surface area contributed by atoms with Crippen molar-refractivity contribution in [1.29, 1.82) is 0 Å². The van der Waals surface area contributed by atoms with Crippen LogP contribution in [0.25, 0.3) is 0 Å². The van der Waals surface area contributed by atoms with Gasteiger partial charge in [0.1, 0.15) is 12.4 Å². The molecule has 1 aromatic rings. The lowest BCUT2D eigenvalue weighted by Gasteiger charge is -2.13. The quantitative estimate of drug-likeness (QED) is 0.782. The molecule has 0 N–H and O–H groups in total. The summed E-state index contributed by atoms with van der Waals surface area (Å²) in [5, 5.41) is 0. The highest BCUT2D eigenvalue weighted by molar-refractivity contribution is 5.65. The minimum absolute atomic E-state index is 0.0736. The Morgan fingerprint density at radius 1 is 1.44 bits per heavy atom. The van der Waals surface area contributed by atoms with Crippen molar-refractivity contribution >= 4 is 5.97 Å². The maximum Gasteiger partial charge on any atom is 0.422 e. The molecule has 0 atom stereocenters. The summed E-state index contributed by atoms with van der Waals surface area (Å²) in [6.07, 6.45) is -3.09. The van der Waals surface area contributed by atoms with E-state index in [1.807, 2.05) is 0 Å². The first-order valence-electron chi connectivity index (χ1n) is 5.07. The fraction of sp³-hybridized carbons (Fsp3) is 0.455. The van der Waals surface area contributed by atoms with Crippen LogP contribution in [-0.4, -0.2) is 23.7 Å². The maximum atomic E-state index is 12.0. The van der Waals surface area contributed by atoms with E-state index in [1.165, 1.54) is 19.2 Å². The van der Waals surface area contributed by atoms with Crippen LogP contribution in [0.1, 0.15) is 18.2 Å². The van der Waals surface area contributed by atoms with E-state index < -0.39 is 18.8 Å². The third-order valence-corrected chi connectivity index (χ3v) is 2.06. The first-order chi connectivity index (χ1) is 8.29. The number of carbonyl (C=O) groups is 1. The molecule has 1 rings (SSSR count). The molecule has 0 saturated carbocycles. The molecular formula is C11H12F3NO3. The van der Waals surface area contributed by atoms with Gasteiger partial charge in [0.2, 0.25) is 0 Å². The van der Waals surface area contributed by atoms with Gasteiger partial charge in [-0.1, -0.05) is 0 Å². The van der Waals surface area contributed by atoms with E-state index in [0.29, 0.717) is 11.3 Å². The number of carbonyl (C=O) groups excluding carboxylic acids is 1. The molecule has 0 amide bonds. The van der Waals surface area contributed by atoms with Crippen LogP contribution in [0.2, 0.25) is 0 Å². The van der Waals surface area contributed by atoms with Crippen molar-refractivity contribution in [3.05, 3.63) is 23.5 Å². The van der Waals surface area contributed by atoms with Gasteiger partial charge in [-0.3, -0.25) is 9.78 Å². The molecule has 4 nitrogen and oxygen atoms in total. The summed E-state index contributed by atoms with van der Waals surface area (Å²) in [7, 11) is 0. The molecule has 0 saturated heterocycles. The number of pyridine rings is 1. The van der Waals surface area contributed by atoms with Crippen molar-refractivity contribution in [2.75, 3.05) is 6.61 Å². The van der Waals surface area contributed by atoms with Gasteiger partial charge >= 0.3 is 12.1 Å². The molecule has 0 radical (unpaired) electrons. The van der Waals surface area contributed by atoms with Crippen LogP contribution in [0, 0.1) is 6.92 Å². The molecule has 100 valence electrons. The number of ether oxygens (including phenoxy) is 2. The van der Waals surface area contributed by atoms with Crippen molar-refractivity contribution in [3.8, 4) is 5.75 Å².